The molecule has 3 aromatic rings. The van der Waals surface area contributed by atoms with Crippen LogP contribution in [0, 0.1) is 5.82 Å². The number of hydrogen-bond donors (Lipinski definition) is 2. The summed E-state index contributed by atoms with van der Waals surface area (Å²) < 4.78 is 41.3. The third-order valence-corrected chi connectivity index (χ3v) is 8.22. The van der Waals surface area contributed by atoms with Crippen molar-refractivity contribution in [1.82, 2.24) is 14.6 Å². The Bertz CT molecular complexity index is 1390. The number of piperidine rings is 1. The van der Waals surface area contributed by atoms with Gasteiger partial charge in [-0.2, -0.15) is 4.31 Å². The fourth-order valence-corrected chi connectivity index (χ4v) is 6.04. The zero-order valence-corrected chi connectivity index (χ0v) is 19.5. The van der Waals surface area contributed by atoms with Crippen molar-refractivity contribution < 1.29 is 17.6 Å². The van der Waals surface area contributed by atoms with Gasteiger partial charge in [0.2, 0.25) is 15.6 Å². The number of carbonyl (C=O) groups is 1. The van der Waals surface area contributed by atoms with E-state index in [2.05, 4.69) is 10.3 Å². The highest BCUT2D eigenvalue weighted by atomic mass is 35.5. The number of aromatic amines is 1. The van der Waals surface area contributed by atoms with Gasteiger partial charge in [-0.25, -0.2) is 12.8 Å². The van der Waals surface area contributed by atoms with E-state index in [9.17, 15) is 22.4 Å². The lowest BCUT2D eigenvalue weighted by Gasteiger charge is -2.32. The average molecular weight is 492 g/mol. The highest BCUT2D eigenvalue weighted by Gasteiger charge is 2.31. The molecule has 2 aromatic carbocycles. The number of fused-ring (bicyclic) bond motifs is 1. The van der Waals surface area contributed by atoms with E-state index in [1.54, 1.807) is 0 Å². The van der Waals surface area contributed by atoms with Crippen LogP contribution in [0.4, 0.5) is 4.39 Å². The smallest absolute Gasteiger partial charge is 0.252 e. The first kappa shape index (κ1) is 23.4. The maximum Gasteiger partial charge on any atom is 0.252 e. The Morgan fingerprint density at radius 2 is 2.00 bits per heavy atom. The van der Waals surface area contributed by atoms with Crippen molar-refractivity contribution in [2.45, 2.75) is 43.7 Å². The van der Waals surface area contributed by atoms with Crippen molar-refractivity contribution in [2.75, 3.05) is 6.54 Å². The first-order valence-electron chi connectivity index (χ1n) is 10.6. The van der Waals surface area contributed by atoms with Crippen LogP contribution in [-0.4, -0.2) is 36.2 Å². The number of sulfonamides is 1. The van der Waals surface area contributed by atoms with Gasteiger partial charge in [0.1, 0.15) is 5.82 Å². The predicted molar refractivity (Wildman–Crippen MR) is 124 cm³/mol. The fraction of sp³-hybridized carbons (Fsp3) is 0.304. The molecule has 1 aliphatic rings. The lowest BCUT2D eigenvalue weighted by atomic mass is 10.1. The quantitative estimate of drug-likeness (QED) is 0.566. The minimum atomic E-state index is -3.76. The van der Waals surface area contributed by atoms with Crippen LogP contribution < -0.4 is 10.9 Å². The summed E-state index contributed by atoms with van der Waals surface area (Å²) >= 11 is 6.02. The Kier molecular flexibility index (Phi) is 6.56. The van der Waals surface area contributed by atoms with E-state index < -0.39 is 27.3 Å². The number of rotatable bonds is 5. The summed E-state index contributed by atoms with van der Waals surface area (Å²) in [5.74, 6) is -1.07. The number of nitrogens with one attached hydrogen (secondary N) is 2. The predicted octanol–water partition coefficient (Wildman–Crippen LogP) is 3.81. The molecule has 2 N–H and O–H groups in total. The summed E-state index contributed by atoms with van der Waals surface area (Å²) in [6.45, 7) is 2.34. The summed E-state index contributed by atoms with van der Waals surface area (Å²) in [6, 6.07) is 9.20. The molecule has 1 aliphatic heterocycles. The number of carbonyl (C=O) groups excluding carboxylic acids is 1. The molecule has 4 rings (SSSR count). The van der Waals surface area contributed by atoms with Crippen LogP contribution in [0.1, 0.15) is 42.1 Å². The van der Waals surface area contributed by atoms with Crippen LogP contribution in [0.15, 0.2) is 52.2 Å². The summed E-state index contributed by atoms with van der Waals surface area (Å²) in [6.07, 6.45) is 2.57. The van der Waals surface area contributed by atoms with E-state index in [0.29, 0.717) is 23.0 Å². The van der Waals surface area contributed by atoms with Crippen LogP contribution in [0.5, 0.6) is 0 Å². The molecule has 0 spiro atoms. The minimum absolute atomic E-state index is 0.00945. The second-order valence-electron chi connectivity index (χ2n) is 8.13. The van der Waals surface area contributed by atoms with E-state index in [4.69, 9.17) is 11.6 Å². The molecule has 174 valence electrons. The molecule has 1 amide bonds. The molecule has 1 atom stereocenters. The van der Waals surface area contributed by atoms with Gasteiger partial charge in [0.05, 0.1) is 10.5 Å². The van der Waals surface area contributed by atoms with Crippen LogP contribution >= 0.6 is 11.6 Å². The summed E-state index contributed by atoms with van der Waals surface area (Å²) in [4.78, 5) is 27.8. The molecule has 1 aromatic heterocycles. The zero-order chi connectivity index (χ0) is 23.8. The zero-order valence-electron chi connectivity index (χ0n) is 17.9. The SMILES string of the molecule is C[C@H]1CCCCN1S(=O)(=O)c1ccc2[nH]c(=O)cc(C(=O)NCc3ccc(F)cc3Cl)c2c1. The Hall–Kier alpha value is -2.75. The topological polar surface area (TPSA) is 99.3 Å². The summed E-state index contributed by atoms with van der Waals surface area (Å²) in [7, 11) is -3.76. The van der Waals surface area contributed by atoms with E-state index in [1.807, 2.05) is 6.92 Å². The molecule has 33 heavy (non-hydrogen) atoms. The number of hydrogen-bond acceptors (Lipinski definition) is 4. The number of aromatic nitrogens is 1. The van der Waals surface area contributed by atoms with Crippen molar-refractivity contribution in [3.8, 4) is 0 Å². The molecule has 0 bridgehead atoms. The first-order chi connectivity index (χ1) is 15.7. The molecule has 0 unspecified atom stereocenters. The number of pyridine rings is 1. The largest absolute Gasteiger partial charge is 0.348 e. The van der Waals surface area contributed by atoms with E-state index >= 15 is 0 Å². The third kappa shape index (κ3) is 4.80. The molecule has 1 saturated heterocycles. The van der Waals surface area contributed by atoms with Gasteiger partial charge < -0.3 is 10.3 Å². The molecule has 0 saturated carbocycles. The summed E-state index contributed by atoms with van der Waals surface area (Å²) in [5, 5.41) is 3.14. The number of amides is 1. The molecule has 10 heteroatoms. The molecule has 7 nitrogen and oxygen atoms in total. The number of nitrogens with zero attached hydrogens (tertiary/aromatic N) is 1. The van der Waals surface area contributed by atoms with Crippen molar-refractivity contribution in [2.24, 2.45) is 0 Å². The van der Waals surface area contributed by atoms with Crippen LogP contribution in [0.2, 0.25) is 5.02 Å². The standard InChI is InChI=1S/C23H23ClFN3O4S/c1-14-4-2-3-9-28(14)33(31,32)17-7-8-21-18(11-17)19(12-22(29)27-21)23(30)26-13-15-5-6-16(25)10-20(15)24/h5-8,10-12,14H,2-4,9,13H2,1H3,(H,26,30)(H,27,29)/t14-/m0/s1. The van der Waals surface area contributed by atoms with Gasteiger partial charge in [0.15, 0.2) is 0 Å². The molecule has 1 fully saturated rings. The van der Waals surface area contributed by atoms with Crippen molar-refractivity contribution >= 4 is 38.4 Å². The third-order valence-electron chi connectivity index (χ3n) is 5.86. The van der Waals surface area contributed by atoms with Crippen molar-refractivity contribution in [3.63, 3.8) is 0 Å². The van der Waals surface area contributed by atoms with Crippen LogP contribution in [-0.2, 0) is 16.6 Å². The van der Waals surface area contributed by atoms with Gasteiger partial charge >= 0.3 is 0 Å². The summed E-state index contributed by atoms with van der Waals surface area (Å²) in [5.41, 5.74) is 0.393. The van der Waals surface area contributed by atoms with Gasteiger partial charge in [-0.15, -0.1) is 0 Å². The van der Waals surface area contributed by atoms with Gasteiger partial charge in [0, 0.05) is 41.1 Å². The Morgan fingerprint density at radius 1 is 1.21 bits per heavy atom. The Morgan fingerprint density at radius 3 is 2.73 bits per heavy atom. The molecule has 2 heterocycles. The number of H-pyrrole nitrogens is 1. The van der Waals surface area contributed by atoms with Crippen molar-refractivity contribution in [1.29, 1.82) is 0 Å². The Balaban J connectivity index is 1.69. The van der Waals surface area contributed by atoms with Crippen LogP contribution in [0.3, 0.4) is 0 Å². The van der Waals surface area contributed by atoms with Gasteiger partial charge in [0.25, 0.3) is 5.91 Å². The van der Waals surface area contributed by atoms with E-state index in [0.717, 1.165) is 31.4 Å². The fourth-order valence-electron chi connectivity index (χ4n) is 4.08. The second kappa shape index (κ2) is 9.24. The maximum absolute atomic E-state index is 13.3. The normalized spacial score (nSPS) is 17.2. The average Bonchev–Trinajstić information content (AvgIpc) is 2.77. The number of halogens is 2. The highest BCUT2D eigenvalue weighted by molar-refractivity contribution is 7.89. The van der Waals surface area contributed by atoms with Gasteiger partial charge in [-0.3, -0.25) is 9.59 Å². The van der Waals surface area contributed by atoms with Gasteiger partial charge in [-0.1, -0.05) is 24.1 Å². The molecule has 0 aliphatic carbocycles. The molecule has 0 radical (unpaired) electrons. The Labute approximate surface area is 195 Å². The minimum Gasteiger partial charge on any atom is -0.348 e. The maximum atomic E-state index is 13.3. The van der Waals surface area contributed by atoms with Crippen molar-refractivity contribution in [3.05, 3.63) is 74.8 Å². The molecular weight excluding hydrogens is 469 g/mol. The first-order valence-corrected chi connectivity index (χ1v) is 12.4. The van der Waals surface area contributed by atoms with Gasteiger partial charge in [-0.05, 0) is 55.7 Å². The highest BCUT2D eigenvalue weighted by Crippen LogP contribution is 2.28. The van der Waals surface area contributed by atoms with E-state index in [-0.39, 0.29) is 28.1 Å². The lowest BCUT2D eigenvalue weighted by Crippen LogP contribution is -2.41. The lowest BCUT2D eigenvalue weighted by molar-refractivity contribution is 0.0952. The number of benzene rings is 2. The second-order valence-corrected chi connectivity index (χ2v) is 10.4. The monoisotopic (exact) mass is 491 g/mol. The van der Waals surface area contributed by atoms with Crippen LogP contribution in [0.25, 0.3) is 10.9 Å². The molecular formula is C23H23ClFN3O4S. The van der Waals surface area contributed by atoms with E-state index in [1.165, 1.54) is 34.6 Å².